The van der Waals surface area contributed by atoms with Crippen molar-refractivity contribution in [2.24, 2.45) is 0 Å². The van der Waals surface area contributed by atoms with Gasteiger partial charge in [0, 0.05) is 18.8 Å². The van der Waals surface area contributed by atoms with Gasteiger partial charge in [-0.15, -0.1) is 0 Å². The molecule has 0 aliphatic rings. The van der Waals surface area contributed by atoms with Gasteiger partial charge in [0.05, 0.1) is 5.69 Å². The first-order chi connectivity index (χ1) is 8.88. The van der Waals surface area contributed by atoms with Crippen molar-refractivity contribution in [1.82, 2.24) is 5.16 Å². The van der Waals surface area contributed by atoms with E-state index in [2.05, 4.69) is 5.16 Å². The zero-order valence-corrected chi connectivity index (χ0v) is 11.5. The number of nitrogen functional groups attached to an aromatic ring is 1. The summed E-state index contributed by atoms with van der Waals surface area (Å²) in [5.41, 5.74) is 7.05. The summed E-state index contributed by atoms with van der Waals surface area (Å²) >= 11 is 0. The number of rotatable bonds is 4. The molecule has 1 aromatic carbocycles. The summed E-state index contributed by atoms with van der Waals surface area (Å²) in [6.07, 6.45) is 0. The minimum atomic E-state index is -3.51. The van der Waals surface area contributed by atoms with E-state index >= 15 is 0 Å². The number of anilines is 2. The number of aryl methyl sites for hydroxylation is 1. The molecule has 1 heterocycles. The molecule has 0 saturated carbocycles. The second-order valence-electron chi connectivity index (χ2n) is 4.25. The first-order valence-electron chi connectivity index (χ1n) is 5.63. The highest BCUT2D eigenvalue weighted by Gasteiger charge is 2.21. The molecule has 6 nitrogen and oxygen atoms in total. The summed E-state index contributed by atoms with van der Waals surface area (Å²) < 4.78 is 30.5. The number of hydrogen-bond acceptors (Lipinski definition) is 5. The third kappa shape index (κ3) is 3.05. The Morgan fingerprint density at radius 3 is 2.68 bits per heavy atom. The Balaban J connectivity index is 2.24. The average molecular weight is 281 g/mol. The van der Waals surface area contributed by atoms with Gasteiger partial charge >= 0.3 is 0 Å². The number of aromatic nitrogens is 1. The van der Waals surface area contributed by atoms with Gasteiger partial charge in [-0.2, -0.15) is 0 Å². The molecule has 0 amide bonds. The molecule has 0 radical (unpaired) electrons. The molecule has 0 bridgehead atoms. The van der Waals surface area contributed by atoms with Gasteiger partial charge in [-0.1, -0.05) is 11.2 Å². The van der Waals surface area contributed by atoms with Gasteiger partial charge in [-0.3, -0.25) is 4.31 Å². The molecule has 1 aromatic heterocycles. The van der Waals surface area contributed by atoms with Gasteiger partial charge in [-0.25, -0.2) is 8.42 Å². The van der Waals surface area contributed by atoms with Crippen LogP contribution in [0.15, 0.2) is 34.9 Å². The van der Waals surface area contributed by atoms with Crippen LogP contribution in [-0.2, 0) is 15.8 Å². The third-order valence-corrected chi connectivity index (χ3v) is 4.36. The van der Waals surface area contributed by atoms with Crippen LogP contribution in [0.25, 0.3) is 0 Å². The minimum Gasteiger partial charge on any atom is -0.399 e. The summed E-state index contributed by atoms with van der Waals surface area (Å²) in [7, 11) is -2.03. The molecule has 0 aliphatic heterocycles. The zero-order valence-electron chi connectivity index (χ0n) is 10.7. The van der Waals surface area contributed by atoms with E-state index in [0.717, 1.165) is 0 Å². The predicted molar refractivity (Wildman–Crippen MR) is 73.1 cm³/mol. The van der Waals surface area contributed by atoms with Crippen LogP contribution in [0.4, 0.5) is 11.4 Å². The van der Waals surface area contributed by atoms with Crippen molar-refractivity contribution < 1.29 is 12.9 Å². The van der Waals surface area contributed by atoms with Crippen molar-refractivity contribution >= 4 is 21.4 Å². The van der Waals surface area contributed by atoms with E-state index in [4.69, 9.17) is 10.3 Å². The lowest BCUT2D eigenvalue weighted by atomic mass is 10.3. The molecule has 0 unspecified atom stereocenters. The Hall–Kier alpha value is -2.02. The molecule has 0 atom stereocenters. The lowest BCUT2D eigenvalue weighted by Gasteiger charge is -2.19. The molecular formula is C12H15N3O3S. The van der Waals surface area contributed by atoms with Crippen molar-refractivity contribution in [3.05, 3.63) is 41.8 Å². The van der Waals surface area contributed by atoms with E-state index in [1.54, 1.807) is 37.3 Å². The first kappa shape index (κ1) is 13.4. The average Bonchev–Trinajstić information content (AvgIpc) is 2.73. The number of nitrogens with zero attached hydrogens (tertiary/aromatic N) is 2. The lowest BCUT2D eigenvalue weighted by molar-refractivity contribution is 0.392. The van der Waals surface area contributed by atoms with Crippen LogP contribution >= 0.6 is 0 Å². The minimum absolute atomic E-state index is 0.213. The van der Waals surface area contributed by atoms with Crippen molar-refractivity contribution in [1.29, 1.82) is 0 Å². The molecular weight excluding hydrogens is 266 g/mol. The monoisotopic (exact) mass is 281 g/mol. The maximum absolute atomic E-state index is 12.2. The number of nitrogens with two attached hydrogens (primary N) is 1. The summed E-state index contributed by atoms with van der Waals surface area (Å²) in [5, 5.41) is 3.69. The topological polar surface area (TPSA) is 89.4 Å². The highest BCUT2D eigenvalue weighted by molar-refractivity contribution is 7.92. The second kappa shape index (κ2) is 4.93. The van der Waals surface area contributed by atoms with Crippen LogP contribution in [0.5, 0.6) is 0 Å². The van der Waals surface area contributed by atoms with Crippen LogP contribution in [-0.4, -0.2) is 20.6 Å². The predicted octanol–water partition coefficient (Wildman–Crippen LogP) is 1.53. The second-order valence-corrected chi connectivity index (χ2v) is 6.25. The molecule has 2 rings (SSSR count). The fourth-order valence-corrected chi connectivity index (χ4v) is 2.79. The number of hydrogen-bond donors (Lipinski definition) is 1. The Morgan fingerprint density at radius 1 is 1.37 bits per heavy atom. The Labute approximate surface area is 111 Å². The molecule has 2 aromatic rings. The molecule has 102 valence electrons. The molecule has 0 saturated heterocycles. The zero-order chi connectivity index (χ0) is 14.0. The van der Waals surface area contributed by atoms with Crippen LogP contribution in [0.1, 0.15) is 11.5 Å². The molecule has 0 spiro atoms. The van der Waals surface area contributed by atoms with E-state index in [9.17, 15) is 8.42 Å². The van der Waals surface area contributed by atoms with E-state index < -0.39 is 10.0 Å². The Morgan fingerprint density at radius 2 is 2.11 bits per heavy atom. The quantitative estimate of drug-likeness (QED) is 0.858. The van der Waals surface area contributed by atoms with Crippen molar-refractivity contribution in [2.75, 3.05) is 17.1 Å². The largest absolute Gasteiger partial charge is 0.399 e. The molecule has 19 heavy (non-hydrogen) atoms. The molecule has 2 N–H and O–H groups in total. The third-order valence-electron chi connectivity index (χ3n) is 2.66. The first-order valence-corrected chi connectivity index (χ1v) is 7.24. The van der Waals surface area contributed by atoms with Crippen LogP contribution in [0, 0.1) is 6.92 Å². The summed E-state index contributed by atoms with van der Waals surface area (Å²) in [6.45, 7) is 1.71. The highest BCUT2D eigenvalue weighted by Crippen LogP contribution is 2.21. The maximum atomic E-state index is 12.2. The van der Waals surface area contributed by atoms with Crippen molar-refractivity contribution in [3.63, 3.8) is 0 Å². The highest BCUT2D eigenvalue weighted by atomic mass is 32.2. The Kier molecular flexibility index (Phi) is 3.48. The van der Waals surface area contributed by atoms with Gasteiger partial charge in [0.25, 0.3) is 0 Å². The summed E-state index contributed by atoms with van der Waals surface area (Å²) in [4.78, 5) is 0. The van der Waals surface area contributed by atoms with Crippen LogP contribution in [0.3, 0.4) is 0 Å². The van der Waals surface area contributed by atoms with E-state index in [1.165, 1.54) is 11.4 Å². The molecule has 0 aliphatic carbocycles. The maximum Gasteiger partial charge on any atom is 0.240 e. The molecule has 7 heteroatoms. The fourth-order valence-electron chi connectivity index (χ4n) is 1.65. The van der Waals surface area contributed by atoms with Crippen LogP contribution < -0.4 is 10.0 Å². The van der Waals surface area contributed by atoms with Crippen molar-refractivity contribution in [3.8, 4) is 0 Å². The standard InChI is InChI=1S/C12H15N3O3S/c1-9-6-11(14-18-9)8-19(16,17)15(2)12-5-3-4-10(13)7-12/h3-7H,8,13H2,1-2H3. The number of sulfonamides is 1. The van der Waals surface area contributed by atoms with Gasteiger partial charge in [0.2, 0.25) is 10.0 Å². The van der Waals surface area contributed by atoms with Crippen LogP contribution in [0.2, 0.25) is 0 Å². The van der Waals surface area contributed by atoms with Gasteiger partial charge in [-0.05, 0) is 25.1 Å². The van der Waals surface area contributed by atoms with Gasteiger partial charge in [0.1, 0.15) is 17.2 Å². The summed E-state index contributed by atoms with van der Waals surface area (Å²) in [5.74, 6) is 0.368. The van der Waals surface area contributed by atoms with Gasteiger partial charge in [0.15, 0.2) is 0 Å². The van der Waals surface area contributed by atoms with Gasteiger partial charge < -0.3 is 10.3 Å². The summed E-state index contributed by atoms with van der Waals surface area (Å²) in [6, 6.07) is 8.29. The van der Waals surface area contributed by atoms with E-state index in [-0.39, 0.29) is 5.75 Å². The fraction of sp³-hybridized carbons (Fsp3) is 0.250. The Bertz CT molecular complexity index is 679. The molecule has 0 fully saturated rings. The lowest BCUT2D eigenvalue weighted by Crippen LogP contribution is -2.28. The number of benzene rings is 1. The smallest absolute Gasteiger partial charge is 0.240 e. The van der Waals surface area contributed by atoms with Crippen molar-refractivity contribution in [2.45, 2.75) is 12.7 Å². The SMILES string of the molecule is Cc1cc(CS(=O)(=O)N(C)c2cccc(N)c2)no1. The van der Waals surface area contributed by atoms with E-state index in [1.807, 2.05) is 0 Å². The normalized spacial score (nSPS) is 11.5. The van der Waals surface area contributed by atoms with E-state index in [0.29, 0.717) is 22.8 Å².